The topological polar surface area (TPSA) is 137 Å². The summed E-state index contributed by atoms with van der Waals surface area (Å²) in [6, 6.07) is 14.7. The summed E-state index contributed by atoms with van der Waals surface area (Å²) in [4.78, 5) is 0. The smallest absolute Gasteiger partial charge is 0.494 e. The molecule has 0 aromatic heterocycles. The van der Waals surface area contributed by atoms with Crippen LogP contribution in [0.25, 0.3) is 0 Å². The number of rotatable bonds is 18. The Morgan fingerprint density at radius 3 is 1.38 bits per heavy atom. The number of aromatic hydroxyl groups is 1. The van der Waals surface area contributed by atoms with Gasteiger partial charge in [-0.05, 0) is 131 Å². The predicted molar refractivity (Wildman–Crippen MR) is 226 cm³/mol. The van der Waals surface area contributed by atoms with Crippen LogP contribution >= 0.6 is 31.1 Å². The van der Waals surface area contributed by atoms with Crippen LogP contribution in [0.2, 0.25) is 0 Å². The van der Waals surface area contributed by atoms with Crippen LogP contribution in [0.5, 0.6) is 11.5 Å². The molecule has 4 rings (SSSR count). The molecule has 312 valence electrons. The van der Waals surface area contributed by atoms with Crippen LogP contribution in [-0.2, 0) is 45.8 Å². The fourth-order valence-corrected chi connectivity index (χ4v) is 9.22. The number of halogens is 1. The van der Waals surface area contributed by atoms with Gasteiger partial charge in [0, 0.05) is 5.33 Å². The molecule has 2 aromatic carbocycles. The number of ether oxygens (including phenoxy) is 1. The van der Waals surface area contributed by atoms with Crippen molar-refractivity contribution in [2.75, 3.05) is 50.7 Å². The summed E-state index contributed by atoms with van der Waals surface area (Å²) in [6.45, 7) is 25.5. The van der Waals surface area contributed by atoms with Gasteiger partial charge in [-0.15, -0.1) is 0 Å². The van der Waals surface area contributed by atoms with Gasteiger partial charge < -0.3 is 46.6 Å². The first-order chi connectivity index (χ1) is 25.6. The van der Waals surface area contributed by atoms with E-state index >= 15 is 0 Å². The lowest BCUT2D eigenvalue weighted by Crippen LogP contribution is -2.41. The minimum absolute atomic E-state index is 0.229. The molecule has 0 unspecified atom stereocenters. The molecule has 0 saturated carbocycles. The van der Waals surface area contributed by atoms with Crippen molar-refractivity contribution in [3.8, 4) is 11.5 Å². The van der Waals surface area contributed by atoms with Gasteiger partial charge in [-0.1, -0.05) is 40.2 Å². The predicted octanol–water partition coefficient (Wildman–Crippen LogP) is 8.75. The molecule has 2 aromatic rings. The second kappa shape index (κ2) is 22.2. The highest BCUT2D eigenvalue weighted by atomic mass is 79.9. The van der Waals surface area contributed by atoms with E-state index in [0.717, 1.165) is 28.4 Å². The average Bonchev–Trinajstić information content (AvgIpc) is 3.46. The molecule has 0 spiro atoms. The SMILES string of the molecule is CC1(C)OB(c2cccc(O)c2)OC1(C)C.CCOP(=O)(CCCBr)OCC.CCOP(=O)(CCCOc1cccc(B2OC(C)(C)C(C)(C)O2)c1)OCC. The maximum absolute atomic E-state index is 12.4. The first-order valence-electron chi connectivity index (χ1n) is 19.2. The zero-order valence-electron chi connectivity index (χ0n) is 35.1. The van der Waals surface area contributed by atoms with E-state index in [1.165, 1.54) is 0 Å². The Balaban J connectivity index is 0.000000316. The summed E-state index contributed by atoms with van der Waals surface area (Å²) in [5, 5.41) is 10.3. The quantitative estimate of drug-likeness (QED) is 0.0664. The van der Waals surface area contributed by atoms with E-state index in [2.05, 4.69) is 15.9 Å². The molecular weight excluding hydrogens is 812 g/mol. The van der Waals surface area contributed by atoms with Gasteiger partial charge in [0.25, 0.3) is 0 Å². The molecule has 1 N–H and O–H groups in total. The number of benzene rings is 2. The largest absolute Gasteiger partial charge is 0.508 e. The van der Waals surface area contributed by atoms with Crippen molar-refractivity contribution in [3.63, 3.8) is 0 Å². The molecule has 0 atom stereocenters. The minimum atomic E-state index is -3.02. The monoisotopic (exact) mass is 876 g/mol. The van der Waals surface area contributed by atoms with Gasteiger partial charge in [-0.25, -0.2) is 0 Å². The van der Waals surface area contributed by atoms with Gasteiger partial charge in [0.15, 0.2) is 0 Å². The fraction of sp³-hybridized carbons (Fsp3) is 0.684. The maximum Gasteiger partial charge on any atom is 0.494 e. The van der Waals surface area contributed by atoms with Gasteiger partial charge in [0.2, 0.25) is 0 Å². The number of hydrogen-bond donors (Lipinski definition) is 1. The summed E-state index contributed by atoms with van der Waals surface area (Å²) in [6.07, 6.45) is 2.24. The van der Waals surface area contributed by atoms with E-state index in [0.29, 0.717) is 51.8 Å². The summed E-state index contributed by atoms with van der Waals surface area (Å²) < 4.78 is 74.6. The van der Waals surface area contributed by atoms with Gasteiger partial charge in [0.1, 0.15) is 11.5 Å². The number of phenols is 1. The zero-order valence-corrected chi connectivity index (χ0v) is 38.4. The van der Waals surface area contributed by atoms with Gasteiger partial charge in [0.05, 0.1) is 67.8 Å². The van der Waals surface area contributed by atoms with E-state index < -0.39 is 29.4 Å². The first-order valence-corrected chi connectivity index (χ1v) is 23.8. The van der Waals surface area contributed by atoms with Crippen LogP contribution in [0.15, 0.2) is 48.5 Å². The van der Waals surface area contributed by atoms with Crippen LogP contribution in [0.4, 0.5) is 0 Å². The number of phenolic OH excluding ortho intramolecular Hbond substituents is 1. The van der Waals surface area contributed by atoms with Gasteiger partial charge >= 0.3 is 29.4 Å². The Morgan fingerprint density at radius 1 is 0.618 bits per heavy atom. The lowest BCUT2D eigenvalue weighted by molar-refractivity contribution is 0.00578. The van der Waals surface area contributed by atoms with Crippen LogP contribution in [0.3, 0.4) is 0 Å². The van der Waals surface area contributed by atoms with Crippen molar-refractivity contribution in [2.45, 2.75) is 118 Å². The van der Waals surface area contributed by atoms with Crippen molar-refractivity contribution in [3.05, 3.63) is 48.5 Å². The highest BCUT2D eigenvalue weighted by molar-refractivity contribution is 9.09. The lowest BCUT2D eigenvalue weighted by atomic mass is 9.79. The molecule has 0 radical (unpaired) electrons. The van der Waals surface area contributed by atoms with E-state index in [9.17, 15) is 14.2 Å². The molecule has 12 nitrogen and oxygen atoms in total. The molecule has 2 aliphatic heterocycles. The zero-order chi connectivity index (χ0) is 41.6. The average molecular weight is 877 g/mol. The summed E-state index contributed by atoms with van der Waals surface area (Å²) >= 11 is 3.27. The minimum Gasteiger partial charge on any atom is -0.508 e. The molecular formula is C38H65B2BrO12P2. The van der Waals surface area contributed by atoms with Gasteiger partial charge in [-0.2, -0.15) is 0 Å². The lowest BCUT2D eigenvalue weighted by Gasteiger charge is -2.32. The molecule has 55 heavy (non-hydrogen) atoms. The first kappa shape index (κ1) is 49.9. The highest BCUT2D eigenvalue weighted by Crippen LogP contribution is 2.49. The fourth-order valence-electron chi connectivity index (χ4n) is 5.20. The Kier molecular flexibility index (Phi) is 20.2. The van der Waals surface area contributed by atoms with E-state index in [1.807, 2.05) is 113 Å². The van der Waals surface area contributed by atoms with Crippen LogP contribution in [0.1, 0.15) is 95.9 Å². The van der Waals surface area contributed by atoms with Crippen LogP contribution < -0.4 is 15.7 Å². The third-order valence-electron chi connectivity index (χ3n) is 9.49. The van der Waals surface area contributed by atoms with Crippen LogP contribution in [0, 0.1) is 0 Å². The molecule has 0 bridgehead atoms. The molecule has 2 aliphatic rings. The summed E-state index contributed by atoms with van der Waals surface area (Å²) in [7, 11) is -6.61. The second-order valence-corrected chi connectivity index (χ2v) is 20.1. The highest BCUT2D eigenvalue weighted by Gasteiger charge is 2.52. The van der Waals surface area contributed by atoms with Gasteiger partial charge in [-0.3, -0.25) is 9.13 Å². The van der Waals surface area contributed by atoms with Crippen molar-refractivity contribution < 1.29 is 55.7 Å². The van der Waals surface area contributed by atoms with Crippen molar-refractivity contribution in [1.29, 1.82) is 0 Å². The van der Waals surface area contributed by atoms with Crippen molar-refractivity contribution in [2.24, 2.45) is 0 Å². The molecule has 0 aliphatic carbocycles. The molecule has 0 amide bonds. The van der Waals surface area contributed by atoms with E-state index in [1.54, 1.807) is 18.2 Å². The Morgan fingerprint density at radius 2 is 1.00 bits per heavy atom. The van der Waals surface area contributed by atoms with Crippen molar-refractivity contribution in [1.82, 2.24) is 0 Å². The third kappa shape index (κ3) is 15.5. The van der Waals surface area contributed by atoms with E-state index in [4.69, 9.17) is 41.4 Å². The Hall–Kier alpha value is -1.21. The van der Waals surface area contributed by atoms with Crippen LogP contribution in [-0.4, -0.2) is 92.4 Å². The van der Waals surface area contributed by atoms with Crippen molar-refractivity contribution >= 4 is 56.3 Å². The number of alkyl halides is 1. The summed E-state index contributed by atoms with van der Waals surface area (Å²) in [5.74, 6) is 0.956. The molecule has 2 fully saturated rings. The van der Waals surface area contributed by atoms with E-state index in [-0.39, 0.29) is 28.2 Å². The Bertz CT molecular complexity index is 1490. The maximum atomic E-state index is 12.4. The third-order valence-corrected chi connectivity index (χ3v) is 14.4. The summed E-state index contributed by atoms with van der Waals surface area (Å²) in [5.41, 5.74) is 0.313. The standard InChI is InChI=1S/C19H32BO6P.C12H17BO3.C7H16BrO3P/c1-7-23-27(21,24-8-2)14-10-13-22-17-12-9-11-16(15-17)20-25-18(3,4)19(5,6)26-20;1-11(2)12(3,4)16-13(15-11)9-6-5-7-10(14)8-9;1-3-10-12(9,11-4-2)7-5-6-8/h9,11-12,15H,7-8,10,13-14H2,1-6H3;5-8,14H,1-4H3;3-7H2,1-2H3. The Labute approximate surface area is 339 Å². The number of hydrogen-bond acceptors (Lipinski definition) is 12. The molecule has 17 heteroatoms. The normalized spacial score (nSPS) is 18.3. The molecule has 2 heterocycles. The molecule has 2 saturated heterocycles. The second-order valence-electron chi connectivity index (χ2n) is 14.9.